The molecule has 8 heteroatoms. The first kappa shape index (κ1) is 22.3. The van der Waals surface area contributed by atoms with Gasteiger partial charge in [-0.25, -0.2) is 4.79 Å². The Labute approximate surface area is 143 Å². The molecule has 0 radical (unpaired) electrons. The molecule has 0 rings (SSSR count). The van der Waals surface area contributed by atoms with E-state index in [2.05, 4.69) is 10.6 Å². The van der Waals surface area contributed by atoms with Gasteiger partial charge in [0.2, 0.25) is 11.8 Å². The number of aliphatic hydroxyl groups excluding tert-OH is 1. The third kappa shape index (κ3) is 8.26. The van der Waals surface area contributed by atoms with Crippen molar-refractivity contribution in [1.29, 1.82) is 0 Å². The molecule has 0 spiro atoms. The van der Waals surface area contributed by atoms with Crippen LogP contribution in [-0.4, -0.2) is 52.2 Å². The van der Waals surface area contributed by atoms with Crippen molar-refractivity contribution in [3.8, 4) is 0 Å². The SMILES string of the molecule is CC(C)CC(NC(=O)C(CC(C)C)NC(=O)C(N)C(C)O)C(=O)O. The quantitative estimate of drug-likeness (QED) is 0.372. The number of amides is 2. The lowest BCUT2D eigenvalue weighted by Crippen LogP contribution is -2.56. The van der Waals surface area contributed by atoms with E-state index in [0.717, 1.165) is 0 Å². The van der Waals surface area contributed by atoms with Gasteiger partial charge < -0.3 is 26.6 Å². The Kier molecular flexibility index (Phi) is 9.53. The van der Waals surface area contributed by atoms with Crippen LogP contribution in [0.1, 0.15) is 47.5 Å². The summed E-state index contributed by atoms with van der Waals surface area (Å²) < 4.78 is 0. The van der Waals surface area contributed by atoms with Gasteiger partial charge in [0.25, 0.3) is 0 Å². The van der Waals surface area contributed by atoms with E-state index in [0.29, 0.717) is 6.42 Å². The predicted octanol–water partition coefficient (Wildman–Crippen LogP) is -0.159. The van der Waals surface area contributed by atoms with Crippen molar-refractivity contribution in [2.75, 3.05) is 0 Å². The summed E-state index contributed by atoms with van der Waals surface area (Å²) in [5.41, 5.74) is 5.57. The molecule has 140 valence electrons. The molecule has 2 amide bonds. The maximum absolute atomic E-state index is 12.4. The highest BCUT2D eigenvalue weighted by Gasteiger charge is 2.29. The second kappa shape index (κ2) is 10.2. The lowest BCUT2D eigenvalue weighted by atomic mass is 10.00. The van der Waals surface area contributed by atoms with Gasteiger partial charge in [-0.1, -0.05) is 27.7 Å². The van der Waals surface area contributed by atoms with E-state index in [-0.39, 0.29) is 18.3 Å². The van der Waals surface area contributed by atoms with Crippen LogP contribution in [0.4, 0.5) is 0 Å². The first-order chi connectivity index (χ1) is 11.0. The Morgan fingerprint density at radius 1 is 0.875 bits per heavy atom. The zero-order valence-electron chi connectivity index (χ0n) is 15.1. The van der Waals surface area contributed by atoms with Crippen LogP contribution in [-0.2, 0) is 14.4 Å². The number of aliphatic hydroxyl groups is 1. The molecule has 8 nitrogen and oxygen atoms in total. The highest BCUT2D eigenvalue weighted by atomic mass is 16.4. The van der Waals surface area contributed by atoms with Gasteiger partial charge in [-0.3, -0.25) is 9.59 Å². The predicted molar refractivity (Wildman–Crippen MR) is 90.1 cm³/mol. The molecule has 0 aliphatic rings. The maximum atomic E-state index is 12.4. The average molecular weight is 345 g/mol. The second-order valence-electron chi connectivity index (χ2n) is 6.99. The monoisotopic (exact) mass is 345 g/mol. The molecule has 0 aromatic carbocycles. The molecule has 4 unspecified atom stereocenters. The zero-order chi connectivity index (χ0) is 19.0. The summed E-state index contributed by atoms with van der Waals surface area (Å²) >= 11 is 0. The van der Waals surface area contributed by atoms with Gasteiger partial charge in [-0.15, -0.1) is 0 Å². The van der Waals surface area contributed by atoms with E-state index in [1.807, 2.05) is 27.7 Å². The Morgan fingerprint density at radius 2 is 1.29 bits per heavy atom. The van der Waals surface area contributed by atoms with Gasteiger partial charge in [0.1, 0.15) is 18.1 Å². The number of nitrogens with two attached hydrogens (primary N) is 1. The van der Waals surface area contributed by atoms with Crippen LogP contribution in [0.25, 0.3) is 0 Å². The van der Waals surface area contributed by atoms with Gasteiger partial charge in [0, 0.05) is 0 Å². The van der Waals surface area contributed by atoms with Crippen LogP contribution in [0.3, 0.4) is 0 Å². The van der Waals surface area contributed by atoms with E-state index in [4.69, 9.17) is 5.73 Å². The molecular weight excluding hydrogens is 314 g/mol. The number of carbonyl (C=O) groups is 3. The standard InChI is InChI=1S/C16H31N3O5/c1-8(2)6-11(18-15(22)13(17)10(5)20)14(21)19-12(16(23)24)7-9(3)4/h8-13,20H,6-7,17H2,1-5H3,(H,18,22)(H,19,21)(H,23,24). The third-order valence-electron chi connectivity index (χ3n) is 3.48. The molecule has 24 heavy (non-hydrogen) atoms. The summed E-state index contributed by atoms with van der Waals surface area (Å²) in [5.74, 6) is -2.15. The molecule has 0 fully saturated rings. The average Bonchev–Trinajstić information content (AvgIpc) is 2.43. The van der Waals surface area contributed by atoms with Gasteiger partial charge in [-0.05, 0) is 31.6 Å². The molecule has 0 heterocycles. The van der Waals surface area contributed by atoms with E-state index in [1.54, 1.807) is 0 Å². The molecule has 0 aliphatic carbocycles. The summed E-state index contributed by atoms with van der Waals surface area (Å²) in [5, 5.41) is 23.6. The fourth-order valence-electron chi connectivity index (χ4n) is 2.16. The van der Waals surface area contributed by atoms with Crippen molar-refractivity contribution in [2.24, 2.45) is 17.6 Å². The Bertz CT molecular complexity index is 437. The minimum atomic E-state index is -1.15. The molecular formula is C16H31N3O5. The summed E-state index contributed by atoms with van der Waals surface area (Å²) in [6.45, 7) is 8.85. The van der Waals surface area contributed by atoms with Crippen molar-refractivity contribution >= 4 is 17.8 Å². The van der Waals surface area contributed by atoms with Crippen LogP contribution in [0.2, 0.25) is 0 Å². The van der Waals surface area contributed by atoms with Crippen LogP contribution in [0.5, 0.6) is 0 Å². The summed E-state index contributed by atoms with van der Waals surface area (Å²) in [6.07, 6.45) is -0.435. The van der Waals surface area contributed by atoms with Crippen molar-refractivity contribution in [3.05, 3.63) is 0 Å². The van der Waals surface area contributed by atoms with Crippen molar-refractivity contribution in [2.45, 2.75) is 71.7 Å². The fraction of sp³-hybridized carbons (Fsp3) is 0.812. The van der Waals surface area contributed by atoms with E-state index in [9.17, 15) is 24.6 Å². The smallest absolute Gasteiger partial charge is 0.326 e. The van der Waals surface area contributed by atoms with Crippen LogP contribution < -0.4 is 16.4 Å². The highest BCUT2D eigenvalue weighted by molar-refractivity contribution is 5.91. The third-order valence-corrected chi connectivity index (χ3v) is 3.48. The Balaban J connectivity index is 5.05. The number of carboxylic acid groups (broad SMARTS) is 1. The van der Waals surface area contributed by atoms with E-state index in [1.165, 1.54) is 6.92 Å². The zero-order valence-corrected chi connectivity index (χ0v) is 15.1. The Hall–Kier alpha value is -1.67. The van der Waals surface area contributed by atoms with E-state index >= 15 is 0 Å². The molecule has 0 saturated carbocycles. The lowest BCUT2D eigenvalue weighted by Gasteiger charge is -2.25. The number of nitrogens with one attached hydrogen (secondary N) is 2. The van der Waals surface area contributed by atoms with Crippen molar-refractivity contribution < 1.29 is 24.6 Å². The number of hydrogen-bond acceptors (Lipinski definition) is 5. The van der Waals surface area contributed by atoms with Gasteiger partial charge in [-0.2, -0.15) is 0 Å². The van der Waals surface area contributed by atoms with Gasteiger partial charge in [0.05, 0.1) is 6.10 Å². The van der Waals surface area contributed by atoms with E-state index < -0.39 is 42.0 Å². The van der Waals surface area contributed by atoms with Crippen molar-refractivity contribution in [3.63, 3.8) is 0 Å². The van der Waals surface area contributed by atoms with Gasteiger partial charge >= 0.3 is 5.97 Å². The first-order valence-corrected chi connectivity index (χ1v) is 8.22. The van der Waals surface area contributed by atoms with Crippen LogP contribution in [0.15, 0.2) is 0 Å². The number of aliphatic carboxylic acids is 1. The lowest BCUT2D eigenvalue weighted by molar-refractivity contribution is -0.142. The topological polar surface area (TPSA) is 142 Å². The number of hydrogen-bond donors (Lipinski definition) is 5. The molecule has 0 saturated heterocycles. The molecule has 6 N–H and O–H groups in total. The molecule has 4 atom stereocenters. The molecule has 0 aromatic heterocycles. The van der Waals surface area contributed by atoms with Crippen LogP contribution in [0, 0.1) is 11.8 Å². The highest BCUT2D eigenvalue weighted by Crippen LogP contribution is 2.09. The summed E-state index contributed by atoms with van der Waals surface area (Å²) in [6, 6.07) is -3.08. The molecule has 0 bridgehead atoms. The minimum Gasteiger partial charge on any atom is -0.480 e. The maximum Gasteiger partial charge on any atom is 0.326 e. The summed E-state index contributed by atoms with van der Waals surface area (Å²) in [7, 11) is 0. The first-order valence-electron chi connectivity index (χ1n) is 8.22. The van der Waals surface area contributed by atoms with Crippen LogP contribution >= 0.6 is 0 Å². The van der Waals surface area contributed by atoms with Crippen molar-refractivity contribution in [1.82, 2.24) is 10.6 Å². The molecule has 0 aliphatic heterocycles. The normalized spacial score (nSPS) is 16.4. The number of carboxylic acids is 1. The fourth-order valence-corrected chi connectivity index (χ4v) is 2.16. The largest absolute Gasteiger partial charge is 0.480 e. The number of rotatable bonds is 10. The Morgan fingerprint density at radius 3 is 1.67 bits per heavy atom. The molecule has 0 aromatic rings. The second-order valence-corrected chi connectivity index (χ2v) is 6.99. The minimum absolute atomic E-state index is 0.0909. The number of carbonyl (C=O) groups excluding carboxylic acids is 2. The van der Waals surface area contributed by atoms with Gasteiger partial charge in [0.15, 0.2) is 0 Å². The summed E-state index contributed by atoms with van der Waals surface area (Å²) in [4.78, 5) is 35.7.